The molecule has 0 radical (unpaired) electrons. The average Bonchev–Trinajstić information content (AvgIpc) is 3.38. The van der Waals surface area contributed by atoms with Gasteiger partial charge in [0.05, 0.1) is 6.54 Å². The van der Waals surface area contributed by atoms with Crippen LogP contribution in [0.15, 0.2) is 24.3 Å². The maximum atomic E-state index is 12.4. The Balaban J connectivity index is 1.36. The topological polar surface area (TPSA) is 96.6 Å². The fourth-order valence-corrected chi connectivity index (χ4v) is 5.29. The van der Waals surface area contributed by atoms with E-state index in [-0.39, 0.29) is 24.4 Å². The van der Waals surface area contributed by atoms with Gasteiger partial charge in [-0.1, -0.05) is 38.1 Å². The zero-order valence-electron chi connectivity index (χ0n) is 19.6. The third-order valence-corrected chi connectivity index (χ3v) is 7.28. The second-order valence-corrected chi connectivity index (χ2v) is 9.96. The van der Waals surface area contributed by atoms with E-state index in [2.05, 4.69) is 53.3 Å². The number of nitrogens with two attached hydrogens (primary N) is 1. The van der Waals surface area contributed by atoms with Crippen LogP contribution in [0.25, 0.3) is 0 Å². The van der Waals surface area contributed by atoms with Crippen LogP contribution in [0.1, 0.15) is 50.7 Å². The predicted octanol–water partition coefficient (Wildman–Crippen LogP) is 3.43. The second kappa shape index (κ2) is 9.17. The first-order chi connectivity index (χ1) is 15.9. The van der Waals surface area contributed by atoms with Crippen LogP contribution in [0.3, 0.4) is 0 Å². The summed E-state index contributed by atoms with van der Waals surface area (Å²) in [5.41, 5.74) is 9.14. The number of carbonyl (C=O) groups excluding carboxylic acids is 1. The number of nitrogens with one attached hydrogen (secondary N) is 1. The lowest BCUT2D eigenvalue weighted by molar-refractivity contribution is -0.115. The largest absolute Gasteiger partial charge is 0.460 e. The first kappa shape index (κ1) is 21.9. The smallest absolute Gasteiger partial charge is 0.320 e. The third kappa shape index (κ3) is 4.90. The van der Waals surface area contributed by atoms with Crippen molar-refractivity contribution in [3.63, 3.8) is 0 Å². The highest BCUT2D eigenvalue weighted by atomic mass is 16.5. The second-order valence-electron chi connectivity index (χ2n) is 9.96. The van der Waals surface area contributed by atoms with E-state index in [0.29, 0.717) is 35.9 Å². The van der Waals surface area contributed by atoms with E-state index >= 15 is 0 Å². The number of amides is 1. The molecule has 0 bridgehead atoms. The van der Waals surface area contributed by atoms with Crippen molar-refractivity contribution in [2.24, 2.45) is 11.8 Å². The standard InChI is InChI=1S/C25H34N6O2/c1-16-10-20(11-17(16)2)33-25-28-23(26)22-24(29-25)31(15-21(32)27-22)14-19-7-5-6-18(12-19)13-30-8-3-4-9-30/h5-7,12,16-17,20H,3-4,8-11,13-15H2,1-2H3,(H,27,32)(H2,26,28,29)/t16-,17?,20?/m1/s1. The summed E-state index contributed by atoms with van der Waals surface area (Å²) in [7, 11) is 0. The quantitative estimate of drug-likeness (QED) is 0.696. The number of hydrogen-bond acceptors (Lipinski definition) is 7. The van der Waals surface area contributed by atoms with Crippen LogP contribution in [-0.4, -0.2) is 46.5 Å². The molecule has 5 rings (SSSR count). The highest BCUT2D eigenvalue weighted by Crippen LogP contribution is 2.37. The van der Waals surface area contributed by atoms with Crippen molar-refractivity contribution in [2.75, 3.05) is 35.6 Å². The van der Waals surface area contributed by atoms with Gasteiger partial charge in [-0.15, -0.1) is 0 Å². The van der Waals surface area contributed by atoms with E-state index in [4.69, 9.17) is 15.5 Å². The van der Waals surface area contributed by atoms with Gasteiger partial charge in [-0.3, -0.25) is 9.69 Å². The van der Waals surface area contributed by atoms with Gasteiger partial charge in [0.15, 0.2) is 11.6 Å². The van der Waals surface area contributed by atoms with Gasteiger partial charge in [-0.2, -0.15) is 9.97 Å². The highest BCUT2D eigenvalue weighted by Gasteiger charge is 2.32. The Kier molecular flexibility index (Phi) is 6.10. The molecule has 8 nitrogen and oxygen atoms in total. The first-order valence-corrected chi connectivity index (χ1v) is 12.1. The number of likely N-dealkylation sites (tertiary alicyclic amines) is 1. The lowest BCUT2D eigenvalue weighted by Gasteiger charge is -2.30. The van der Waals surface area contributed by atoms with Crippen molar-refractivity contribution >= 4 is 23.2 Å². The third-order valence-electron chi connectivity index (χ3n) is 7.28. The van der Waals surface area contributed by atoms with Crippen molar-refractivity contribution in [3.8, 4) is 6.01 Å². The van der Waals surface area contributed by atoms with E-state index < -0.39 is 0 Å². The minimum atomic E-state index is -0.113. The normalized spacial score (nSPS) is 25.2. The Morgan fingerprint density at radius 1 is 1.09 bits per heavy atom. The van der Waals surface area contributed by atoms with Gasteiger partial charge >= 0.3 is 6.01 Å². The molecule has 0 spiro atoms. The Bertz CT molecular complexity index is 1010. The summed E-state index contributed by atoms with van der Waals surface area (Å²) >= 11 is 0. The van der Waals surface area contributed by atoms with Gasteiger partial charge in [-0.25, -0.2) is 0 Å². The Morgan fingerprint density at radius 3 is 2.52 bits per heavy atom. The van der Waals surface area contributed by atoms with Gasteiger partial charge in [0.25, 0.3) is 0 Å². The van der Waals surface area contributed by atoms with Crippen LogP contribution in [0.5, 0.6) is 6.01 Å². The molecule has 2 fully saturated rings. The summed E-state index contributed by atoms with van der Waals surface area (Å²) < 4.78 is 6.13. The molecule has 3 N–H and O–H groups in total. The van der Waals surface area contributed by atoms with Gasteiger partial charge in [-0.05, 0) is 61.7 Å². The van der Waals surface area contributed by atoms with E-state index in [1.807, 2.05) is 4.90 Å². The number of carbonyl (C=O) groups is 1. The summed E-state index contributed by atoms with van der Waals surface area (Å²) in [6, 6.07) is 8.89. The maximum Gasteiger partial charge on any atom is 0.320 e. The molecule has 2 aromatic rings. The van der Waals surface area contributed by atoms with E-state index in [1.165, 1.54) is 31.5 Å². The summed E-state index contributed by atoms with van der Waals surface area (Å²) in [6.45, 7) is 8.61. The SMILES string of the molecule is CC1CC(Oc2nc(N)c3c(n2)N(Cc2cccc(CN4CCCC4)c2)CC(=O)N3)C[C@H]1C. The highest BCUT2D eigenvalue weighted by molar-refractivity contribution is 6.03. The number of anilines is 3. The van der Waals surface area contributed by atoms with Crippen molar-refractivity contribution in [3.05, 3.63) is 35.4 Å². The number of hydrogen-bond donors (Lipinski definition) is 2. The number of rotatable bonds is 6. The molecule has 3 atom stereocenters. The van der Waals surface area contributed by atoms with Crippen LogP contribution in [0.2, 0.25) is 0 Å². The van der Waals surface area contributed by atoms with Gasteiger partial charge in [0, 0.05) is 13.1 Å². The fourth-order valence-electron chi connectivity index (χ4n) is 5.29. The van der Waals surface area contributed by atoms with Crippen LogP contribution in [0, 0.1) is 11.8 Å². The molecular formula is C25H34N6O2. The zero-order chi connectivity index (χ0) is 22.9. The molecule has 1 saturated heterocycles. The summed E-state index contributed by atoms with van der Waals surface area (Å²) in [5, 5.41) is 2.85. The van der Waals surface area contributed by atoms with Crippen molar-refractivity contribution in [1.29, 1.82) is 0 Å². The molecule has 8 heteroatoms. The molecule has 3 heterocycles. The average molecular weight is 451 g/mol. The molecule has 176 valence electrons. The lowest BCUT2D eigenvalue weighted by Crippen LogP contribution is -2.39. The molecule has 1 amide bonds. The monoisotopic (exact) mass is 450 g/mol. The van der Waals surface area contributed by atoms with Crippen molar-refractivity contribution < 1.29 is 9.53 Å². The van der Waals surface area contributed by atoms with Gasteiger partial charge in [0.2, 0.25) is 5.91 Å². The van der Waals surface area contributed by atoms with E-state index in [9.17, 15) is 4.79 Å². The van der Waals surface area contributed by atoms with Crippen LogP contribution in [0.4, 0.5) is 17.3 Å². The van der Waals surface area contributed by atoms with Crippen LogP contribution in [-0.2, 0) is 17.9 Å². The Hall–Kier alpha value is -2.87. The predicted molar refractivity (Wildman–Crippen MR) is 129 cm³/mol. The number of fused-ring (bicyclic) bond motifs is 1. The lowest BCUT2D eigenvalue weighted by atomic mass is 10.0. The van der Waals surface area contributed by atoms with Crippen molar-refractivity contribution in [1.82, 2.24) is 14.9 Å². The van der Waals surface area contributed by atoms with E-state index in [1.54, 1.807) is 0 Å². The number of benzene rings is 1. The van der Waals surface area contributed by atoms with Crippen LogP contribution >= 0.6 is 0 Å². The van der Waals surface area contributed by atoms with Crippen molar-refractivity contribution in [2.45, 2.75) is 58.7 Å². The number of ether oxygens (including phenoxy) is 1. The summed E-state index contributed by atoms with van der Waals surface area (Å²) in [5.74, 6) is 2.00. The molecule has 1 saturated carbocycles. The molecule has 3 aliphatic rings. The minimum absolute atomic E-state index is 0.0985. The number of aromatic nitrogens is 2. The van der Waals surface area contributed by atoms with Crippen LogP contribution < -0.4 is 20.7 Å². The maximum absolute atomic E-state index is 12.4. The zero-order valence-corrected chi connectivity index (χ0v) is 19.6. The minimum Gasteiger partial charge on any atom is -0.460 e. The first-order valence-electron chi connectivity index (χ1n) is 12.1. The molecule has 2 unspecified atom stereocenters. The van der Waals surface area contributed by atoms with E-state index in [0.717, 1.165) is 24.9 Å². The summed E-state index contributed by atoms with van der Waals surface area (Å²) in [4.78, 5) is 25.9. The van der Waals surface area contributed by atoms with Gasteiger partial charge in [0.1, 0.15) is 11.8 Å². The molecule has 1 aromatic carbocycles. The fraction of sp³-hybridized carbons (Fsp3) is 0.560. The number of nitrogen functional groups attached to an aromatic ring is 1. The molecule has 1 aromatic heterocycles. The Morgan fingerprint density at radius 2 is 1.79 bits per heavy atom. The molecule has 1 aliphatic carbocycles. The number of nitrogens with zero attached hydrogens (tertiary/aromatic N) is 4. The Labute approximate surface area is 195 Å². The molecular weight excluding hydrogens is 416 g/mol. The molecule has 2 aliphatic heterocycles. The van der Waals surface area contributed by atoms with Gasteiger partial charge < -0.3 is 20.7 Å². The molecule has 33 heavy (non-hydrogen) atoms. The summed E-state index contributed by atoms with van der Waals surface area (Å²) in [6.07, 6.45) is 4.64.